The first kappa shape index (κ1) is 29.7. The molecule has 5 atom stereocenters. The first-order valence-electron chi connectivity index (χ1n) is 15.2. The molecule has 2 saturated heterocycles. The Morgan fingerprint density at radius 1 is 0.558 bits per heavy atom. The highest BCUT2D eigenvalue weighted by Crippen LogP contribution is 2.43. The third-order valence-corrected chi connectivity index (χ3v) is 8.03. The third-order valence-electron chi connectivity index (χ3n) is 8.03. The largest absolute Gasteiger partial charge is 0.374 e. The van der Waals surface area contributed by atoms with Crippen molar-refractivity contribution < 1.29 is 28.4 Å². The molecule has 0 N–H and O–H groups in total. The highest BCUT2D eigenvalue weighted by Gasteiger charge is 2.59. The van der Waals surface area contributed by atoms with E-state index in [2.05, 4.69) is 48.5 Å². The minimum absolute atomic E-state index is 0.329. The number of benzene rings is 4. The van der Waals surface area contributed by atoms with Gasteiger partial charge in [0.15, 0.2) is 5.79 Å². The molecule has 2 fully saturated rings. The summed E-state index contributed by atoms with van der Waals surface area (Å²) in [5.41, 5.74) is 4.34. The Morgan fingerprint density at radius 3 is 1.51 bits per heavy atom. The molecule has 0 saturated carbocycles. The van der Waals surface area contributed by atoms with Crippen LogP contribution in [-0.2, 0) is 54.8 Å². The van der Waals surface area contributed by atoms with E-state index >= 15 is 0 Å². The van der Waals surface area contributed by atoms with Gasteiger partial charge >= 0.3 is 0 Å². The number of ether oxygens (including phenoxy) is 6. The van der Waals surface area contributed by atoms with Crippen LogP contribution in [0.2, 0.25) is 0 Å². The van der Waals surface area contributed by atoms with Gasteiger partial charge in [0.2, 0.25) is 0 Å². The summed E-state index contributed by atoms with van der Waals surface area (Å²) in [6, 6.07) is 40.7. The summed E-state index contributed by atoms with van der Waals surface area (Å²) in [4.78, 5) is 0. The van der Waals surface area contributed by atoms with Crippen LogP contribution in [0.15, 0.2) is 121 Å². The second kappa shape index (κ2) is 14.9. The van der Waals surface area contributed by atoms with Crippen molar-refractivity contribution in [3.05, 3.63) is 144 Å². The summed E-state index contributed by atoms with van der Waals surface area (Å²) in [6.45, 7) is 2.64. The van der Waals surface area contributed by atoms with E-state index in [0.717, 1.165) is 28.7 Å². The molecule has 0 unspecified atom stereocenters. The summed E-state index contributed by atoms with van der Waals surface area (Å²) in [6.07, 6.45) is -0.282. The van der Waals surface area contributed by atoms with Gasteiger partial charge in [-0.25, -0.2) is 0 Å². The van der Waals surface area contributed by atoms with E-state index in [1.807, 2.05) is 72.8 Å². The Hall–Kier alpha value is -3.36. The minimum atomic E-state index is -0.955. The average Bonchev–Trinajstić information content (AvgIpc) is 3.53. The van der Waals surface area contributed by atoms with E-state index in [0.29, 0.717) is 46.1 Å². The van der Waals surface area contributed by atoms with Gasteiger partial charge in [-0.3, -0.25) is 0 Å². The Balaban J connectivity index is 1.29. The van der Waals surface area contributed by atoms with E-state index in [1.54, 1.807) is 0 Å². The summed E-state index contributed by atoms with van der Waals surface area (Å²) < 4.78 is 39.8. The Morgan fingerprint density at radius 2 is 1.02 bits per heavy atom. The van der Waals surface area contributed by atoms with Crippen molar-refractivity contribution in [3.8, 4) is 0 Å². The van der Waals surface area contributed by atoms with Crippen LogP contribution in [0.1, 0.15) is 35.1 Å². The minimum Gasteiger partial charge on any atom is -0.374 e. The van der Waals surface area contributed by atoms with Crippen LogP contribution in [0, 0.1) is 0 Å². The maximum Gasteiger partial charge on any atom is 0.197 e. The van der Waals surface area contributed by atoms with Gasteiger partial charge < -0.3 is 28.4 Å². The zero-order chi connectivity index (χ0) is 29.2. The maximum absolute atomic E-state index is 6.88. The van der Waals surface area contributed by atoms with Gasteiger partial charge in [-0.1, -0.05) is 121 Å². The molecule has 0 aromatic heterocycles. The average molecular weight is 581 g/mol. The van der Waals surface area contributed by atoms with Gasteiger partial charge in [0, 0.05) is 6.42 Å². The molecule has 2 aliphatic heterocycles. The van der Waals surface area contributed by atoms with Gasteiger partial charge in [0.05, 0.1) is 39.6 Å². The second-order valence-electron chi connectivity index (χ2n) is 11.2. The van der Waals surface area contributed by atoms with E-state index in [-0.39, 0.29) is 0 Å². The predicted octanol–water partition coefficient (Wildman–Crippen LogP) is 6.86. The van der Waals surface area contributed by atoms with Crippen molar-refractivity contribution in [3.63, 3.8) is 0 Å². The lowest BCUT2D eigenvalue weighted by Gasteiger charge is -2.50. The number of hydrogen-bond donors (Lipinski definition) is 0. The zero-order valence-corrected chi connectivity index (χ0v) is 24.5. The molecular formula is C37H40O6. The zero-order valence-electron chi connectivity index (χ0n) is 24.5. The van der Waals surface area contributed by atoms with Crippen LogP contribution < -0.4 is 0 Å². The molecule has 0 aliphatic carbocycles. The SMILES string of the molecule is c1ccc(COC[C@H]2O[C@@]3(CCCO3)[C@@H](OCc3ccccc3)[C@@H](OCc3ccccc3)[C@@H]2OCc2ccccc2)cc1. The fourth-order valence-electron chi connectivity index (χ4n) is 5.87. The molecule has 4 aromatic carbocycles. The molecule has 0 radical (unpaired) electrons. The van der Waals surface area contributed by atoms with Crippen LogP contribution >= 0.6 is 0 Å². The van der Waals surface area contributed by atoms with Crippen molar-refractivity contribution in [1.29, 1.82) is 0 Å². The number of hydrogen-bond acceptors (Lipinski definition) is 6. The van der Waals surface area contributed by atoms with Crippen molar-refractivity contribution in [1.82, 2.24) is 0 Å². The molecule has 1 spiro atoms. The summed E-state index contributed by atoms with van der Waals surface area (Å²) in [7, 11) is 0. The van der Waals surface area contributed by atoms with Gasteiger partial charge in [-0.05, 0) is 28.7 Å². The van der Waals surface area contributed by atoms with Crippen molar-refractivity contribution in [2.45, 2.75) is 69.5 Å². The monoisotopic (exact) mass is 580 g/mol. The Labute approximate surface area is 254 Å². The molecule has 6 heteroatoms. The van der Waals surface area contributed by atoms with Crippen LogP contribution in [-0.4, -0.2) is 43.4 Å². The predicted molar refractivity (Wildman–Crippen MR) is 164 cm³/mol. The van der Waals surface area contributed by atoms with E-state index in [9.17, 15) is 0 Å². The Bertz CT molecular complexity index is 1350. The van der Waals surface area contributed by atoms with E-state index in [4.69, 9.17) is 28.4 Å². The normalized spacial score (nSPS) is 25.2. The summed E-state index contributed by atoms with van der Waals surface area (Å²) >= 11 is 0. The van der Waals surface area contributed by atoms with Gasteiger partial charge in [0.25, 0.3) is 0 Å². The first-order chi connectivity index (χ1) is 21.3. The van der Waals surface area contributed by atoms with Crippen molar-refractivity contribution >= 4 is 0 Å². The van der Waals surface area contributed by atoms with Crippen LogP contribution in [0.3, 0.4) is 0 Å². The van der Waals surface area contributed by atoms with Crippen molar-refractivity contribution in [2.75, 3.05) is 13.2 Å². The van der Waals surface area contributed by atoms with Crippen LogP contribution in [0.25, 0.3) is 0 Å². The lowest BCUT2D eigenvalue weighted by Crippen LogP contribution is -2.67. The molecule has 6 nitrogen and oxygen atoms in total. The summed E-state index contributed by atoms with van der Waals surface area (Å²) in [5, 5.41) is 0. The summed E-state index contributed by atoms with van der Waals surface area (Å²) in [5.74, 6) is -0.955. The van der Waals surface area contributed by atoms with Crippen molar-refractivity contribution in [2.24, 2.45) is 0 Å². The Kier molecular flexibility index (Phi) is 10.3. The molecule has 4 aromatic rings. The fraction of sp³-hybridized carbons (Fsp3) is 0.351. The molecule has 2 aliphatic rings. The molecule has 2 heterocycles. The highest BCUT2D eigenvalue weighted by molar-refractivity contribution is 5.17. The highest BCUT2D eigenvalue weighted by atomic mass is 16.7. The quantitative estimate of drug-likeness (QED) is 0.172. The lowest BCUT2D eigenvalue weighted by atomic mass is 9.90. The third kappa shape index (κ3) is 7.78. The van der Waals surface area contributed by atoms with Gasteiger partial charge in [-0.2, -0.15) is 0 Å². The lowest BCUT2D eigenvalue weighted by molar-refractivity contribution is -0.371. The molecule has 0 bridgehead atoms. The molecular weight excluding hydrogens is 540 g/mol. The second-order valence-corrected chi connectivity index (χ2v) is 11.2. The van der Waals surface area contributed by atoms with E-state index < -0.39 is 30.2 Å². The molecule has 6 rings (SSSR count). The van der Waals surface area contributed by atoms with Gasteiger partial charge in [-0.15, -0.1) is 0 Å². The van der Waals surface area contributed by atoms with Gasteiger partial charge in [0.1, 0.15) is 24.4 Å². The first-order valence-corrected chi connectivity index (χ1v) is 15.2. The smallest absolute Gasteiger partial charge is 0.197 e. The van der Waals surface area contributed by atoms with E-state index in [1.165, 1.54) is 0 Å². The fourth-order valence-corrected chi connectivity index (χ4v) is 5.87. The van der Waals surface area contributed by atoms with Crippen LogP contribution in [0.4, 0.5) is 0 Å². The molecule has 224 valence electrons. The maximum atomic E-state index is 6.88. The standard InChI is InChI=1S/C37H40O6/c1-5-14-29(15-6-1)24-38-28-33-34(39-25-30-16-7-2-8-17-30)35(40-26-31-18-9-3-10-19-31)36(37(43-33)22-13-23-42-37)41-27-32-20-11-4-12-21-32/h1-12,14-21,33-36H,13,22-28H2/t33-,34-,35+,36+,37+/m1/s1. The van der Waals surface area contributed by atoms with Crippen LogP contribution in [0.5, 0.6) is 0 Å². The topological polar surface area (TPSA) is 55.4 Å². The molecule has 0 amide bonds. The molecule has 43 heavy (non-hydrogen) atoms. The number of rotatable bonds is 13.